The van der Waals surface area contributed by atoms with E-state index < -0.39 is 22.7 Å². The van der Waals surface area contributed by atoms with E-state index in [4.69, 9.17) is 9.84 Å². The first-order chi connectivity index (χ1) is 19.7. The minimum absolute atomic E-state index is 0.0399. The number of nitro benzene ring substituents is 1. The number of nitrogens with one attached hydrogen (secondary N) is 1. The van der Waals surface area contributed by atoms with Crippen molar-refractivity contribution in [2.45, 2.75) is 38.6 Å². The van der Waals surface area contributed by atoms with Crippen LogP contribution in [0.2, 0.25) is 0 Å². The second kappa shape index (κ2) is 12.9. The normalized spacial score (nSPS) is 14.7. The Balaban J connectivity index is 1.79. The van der Waals surface area contributed by atoms with Gasteiger partial charge in [-0.15, -0.1) is 0 Å². The molecule has 0 fully saturated rings. The van der Waals surface area contributed by atoms with Crippen molar-refractivity contribution in [2.75, 3.05) is 19.0 Å². The Morgan fingerprint density at radius 3 is 2.22 bits per heavy atom. The van der Waals surface area contributed by atoms with Gasteiger partial charge in [0.25, 0.3) is 11.6 Å². The number of amides is 1. The van der Waals surface area contributed by atoms with Crippen LogP contribution in [0.3, 0.4) is 0 Å². The Kier molecular flexibility index (Phi) is 9.13. The van der Waals surface area contributed by atoms with Gasteiger partial charge in [0, 0.05) is 36.3 Å². The molecule has 2 N–H and O–H groups in total. The third-order valence-electron chi connectivity index (χ3n) is 6.96. The van der Waals surface area contributed by atoms with Gasteiger partial charge < -0.3 is 20.1 Å². The molecule has 212 valence electrons. The molecule has 0 aliphatic carbocycles. The van der Waals surface area contributed by atoms with E-state index in [-0.39, 0.29) is 34.8 Å². The molecule has 10 nitrogen and oxygen atoms in total. The molecular weight excluding hydrogens is 526 g/mol. The number of benzene rings is 3. The number of aliphatic carboxylic acids is 1. The van der Waals surface area contributed by atoms with Crippen molar-refractivity contribution >= 4 is 29.0 Å². The van der Waals surface area contributed by atoms with Crippen molar-refractivity contribution < 1.29 is 29.2 Å². The number of nitro groups is 1. The molecule has 0 bridgehead atoms. The van der Waals surface area contributed by atoms with Gasteiger partial charge in [-0.1, -0.05) is 36.2 Å². The van der Waals surface area contributed by atoms with Crippen molar-refractivity contribution in [2.24, 2.45) is 0 Å². The van der Waals surface area contributed by atoms with Gasteiger partial charge in [-0.25, -0.2) is 0 Å². The van der Waals surface area contributed by atoms with Crippen molar-refractivity contribution in [1.82, 2.24) is 4.90 Å². The van der Waals surface area contributed by atoms with Gasteiger partial charge in [0.05, 0.1) is 23.6 Å². The van der Waals surface area contributed by atoms with E-state index in [1.165, 1.54) is 24.3 Å². The van der Waals surface area contributed by atoms with Crippen molar-refractivity contribution in [3.63, 3.8) is 0 Å². The number of anilines is 1. The molecule has 1 aliphatic rings. The number of ether oxygens (including phenoxy) is 1. The van der Waals surface area contributed by atoms with Crippen LogP contribution in [-0.2, 0) is 9.59 Å². The molecular formula is C31H31N3O7. The topological polar surface area (TPSA) is 139 Å². The van der Waals surface area contributed by atoms with Gasteiger partial charge in [-0.05, 0) is 61.7 Å². The molecule has 0 unspecified atom stereocenters. The maximum atomic E-state index is 14.1. The molecule has 0 radical (unpaired) electrons. The van der Waals surface area contributed by atoms with E-state index in [9.17, 15) is 24.5 Å². The third-order valence-corrected chi connectivity index (χ3v) is 6.96. The summed E-state index contributed by atoms with van der Waals surface area (Å²) in [5.74, 6) is -1.06. The number of aryl methyl sites for hydroxylation is 1. The molecule has 1 aliphatic heterocycles. The summed E-state index contributed by atoms with van der Waals surface area (Å²) in [6, 6.07) is 19.1. The average molecular weight is 558 g/mol. The van der Waals surface area contributed by atoms with Crippen molar-refractivity contribution in [3.8, 4) is 5.75 Å². The van der Waals surface area contributed by atoms with Gasteiger partial charge in [0.2, 0.25) is 0 Å². The van der Waals surface area contributed by atoms with E-state index in [0.717, 1.165) is 5.56 Å². The summed E-state index contributed by atoms with van der Waals surface area (Å²) in [4.78, 5) is 51.3. The van der Waals surface area contributed by atoms with Gasteiger partial charge in [0.1, 0.15) is 11.4 Å². The molecule has 0 spiro atoms. The number of carboxylic acids is 1. The number of methoxy groups -OCH3 is 1. The predicted molar refractivity (Wildman–Crippen MR) is 153 cm³/mol. The van der Waals surface area contributed by atoms with Crippen molar-refractivity contribution in [3.05, 3.63) is 111 Å². The van der Waals surface area contributed by atoms with E-state index in [1.54, 1.807) is 36.3 Å². The summed E-state index contributed by atoms with van der Waals surface area (Å²) >= 11 is 0. The van der Waals surface area contributed by atoms with E-state index >= 15 is 0 Å². The highest BCUT2D eigenvalue weighted by Crippen LogP contribution is 2.41. The smallest absolute Gasteiger partial charge is 0.303 e. The van der Waals surface area contributed by atoms with E-state index in [1.807, 2.05) is 31.2 Å². The zero-order valence-electron chi connectivity index (χ0n) is 22.8. The summed E-state index contributed by atoms with van der Waals surface area (Å²) in [7, 11) is 1.55. The summed E-state index contributed by atoms with van der Waals surface area (Å²) in [5.41, 5.74) is 2.77. The van der Waals surface area contributed by atoms with Crippen LogP contribution in [0.4, 0.5) is 11.4 Å². The van der Waals surface area contributed by atoms with Crippen LogP contribution in [0.1, 0.15) is 53.2 Å². The summed E-state index contributed by atoms with van der Waals surface area (Å²) < 4.78 is 5.30. The van der Waals surface area contributed by atoms with Crippen LogP contribution in [-0.4, -0.2) is 46.2 Å². The van der Waals surface area contributed by atoms with Gasteiger partial charge in [0.15, 0.2) is 5.78 Å². The first kappa shape index (κ1) is 29.0. The molecule has 1 amide bonds. The highest BCUT2D eigenvalue weighted by atomic mass is 16.6. The highest BCUT2D eigenvalue weighted by Gasteiger charge is 2.43. The standard InChI is InChI=1S/C31H31N3O7/c1-20-7-13-23(14-8-20)32-28-27(30(37)22-9-15-24(16-10-22)34(39)40)29(21-11-17-25(41-2)18-12-21)33(31(28)38)19-5-3-4-6-26(35)36/h7-18,29,32H,3-6,19H2,1-2H3,(H,35,36)/t29-/m1/s1. The van der Waals surface area contributed by atoms with Crippen LogP contribution in [0.5, 0.6) is 5.75 Å². The van der Waals surface area contributed by atoms with Crippen LogP contribution in [0.25, 0.3) is 0 Å². The first-order valence-electron chi connectivity index (χ1n) is 13.2. The number of Topliss-reactive ketones (excluding diaryl/α,β-unsaturated/α-hetero) is 1. The number of rotatable bonds is 13. The Hall–Kier alpha value is -4.99. The Labute approximate surface area is 237 Å². The van der Waals surface area contributed by atoms with Crippen LogP contribution in [0, 0.1) is 17.0 Å². The van der Waals surface area contributed by atoms with E-state index in [2.05, 4.69) is 5.32 Å². The zero-order chi connectivity index (χ0) is 29.5. The zero-order valence-corrected chi connectivity index (χ0v) is 22.8. The number of carbonyl (C=O) groups excluding carboxylic acids is 2. The molecule has 4 rings (SSSR count). The minimum Gasteiger partial charge on any atom is -0.497 e. The first-order valence-corrected chi connectivity index (χ1v) is 13.2. The van der Waals surface area contributed by atoms with Crippen molar-refractivity contribution in [1.29, 1.82) is 0 Å². The second-order valence-electron chi connectivity index (χ2n) is 9.79. The number of non-ortho nitro benzene ring substituents is 1. The molecule has 10 heteroatoms. The fourth-order valence-corrected chi connectivity index (χ4v) is 4.80. The van der Waals surface area contributed by atoms with Crippen LogP contribution >= 0.6 is 0 Å². The highest BCUT2D eigenvalue weighted by molar-refractivity contribution is 6.18. The fourth-order valence-electron chi connectivity index (χ4n) is 4.80. The largest absolute Gasteiger partial charge is 0.497 e. The van der Waals surface area contributed by atoms with Gasteiger partial charge in [-0.3, -0.25) is 24.5 Å². The lowest BCUT2D eigenvalue weighted by atomic mass is 9.92. The number of ketones is 1. The van der Waals surface area contributed by atoms with E-state index in [0.29, 0.717) is 42.8 Å². The average Bonchev–Trinajstić information content (AvgIpc) is 3.24. The number of unbranched alkanes of at least 4 members (excludes halogenated alkanes) is 2. The molecule has 0 saturated carbocycles. The SMILES string of the molecule is COc1ccc([C@@H]2C(C(=O)c3ccc([N+](=O)[O-])cc3)=C(Nc3ccc(C)cc3)C(=O)N2CCCCCC(=O)O)cc1. The maximum absolute atomic E-state index is 14.1. The monoisotopic (exact) mass is 557 g/mol. The number of carbonyl (C=O) groups is 3. The van der Waals surface area contributed by atoms with Gasteiger partial charge >= 0.3 is 5.97 Å². The number of carboxylic acid groups (broad SMARTS) is 1. The molecule has 0 saturated heterocycles. The summed E-state index contributed by atoms with van der Waals surface area (Å²) in [6.45, 7) is 2.24. The quantitative estimate of drug-likeness (QED) is 0.118. The Morgan fingerprint density at radius 2 is 1.63 bits per heavy atom. The summed E-state index contributed by atoms with van der Waals surface area (Å²) in [6.07, 6.45) is 1.65. The van der Waals surface area contributed by atoms with Crippen LogP contribution in [0.15, 0.2) is 84.1 Å². The second-order valence-corrected chi connectivity index (χ2v) is 9.79. The molecule has 0 aromatic heterocycles. The minimum atomic E-state index is -0.874. The number of nitrogens with zero attached hydrogens (tertiary/aromatic N) is 2. The van der Waals surface area contributed by atoms with Crippen LogP contribution < -0.4 is 10.1 Å². The maximum Gasteiger partial charge on any atom is 0.303 e. The van der Waals surface area contributed by atoms with Gasteiger partial charge in [-0.2, -0.15) is 0 Å². The Bertz CT molecular complexity index is 1460. The predicted octanol–water partition coefficient (Wildman–Crippen LogP) is 5.69. The molecule has 1 atom stereocenters. The molecule has 3 aromatic carbocycles. The lowest BCUT2D eigenvalue weighted by Gasteiger charge is -2.27. The molecule has 1 heterocycles. The third kappa shape index (κ3) is 6.78. The number of hydrogen-bond donors (Lipinski definition) is 2. The molecule has 3 aromatic rings. The summed E-state index contributed by atoms with van der Waals surface area (Å²) in [5, 5.41) is 23.3. The fraction of sp³-hybridized carbons (Fsp3) is 0.258. The Morgan fingerprint density at radius 1 is 0.976 bits per heavy atom. The number of hydrogen-bond acceptors (Lipinski definition) is 7. The lowest BCUT2D eigenvalue weighted by Crippen LogP contribution is -2.32. The lowest BCUT2D eigenvalue weighted by molar-refractivity contribution is -0.384. The molecule has 41 heavy (non-hydrogen) atoms.